The molecule has 0 spiro atoms. The van der Waals surface area contributed by atoms with Crippen LogP contribution in [0.4, 0.5) is 0 Å². The molecule has 1 aromatic carbocycles. The first-order valence-corrected chi connectivity index (χ1v) is 12.4. The van der Waals surface area contributed by atoms with Crippen LogP contribution in [0.1, 0.15) is 55.0 Å². The maximum Gasteiger partial charge on any atom is 0.253 e. The van der Waals surface area contributed by atoms with Crippen LogP contribution < -0.4 is 5.32 Å². The number of nitrogens with one attached hydrogen (secondary N) is 1. The number of amides is 1. The van der Waals surface area contributed by atoms with E-state index in [0.29, 0.717) is 11.6 Å². The summed E-state index contributed by atoms with van der Waals surface area (Å²) in [6.07, 6.45) is 3.06. The van der Waals surface area contributed by atoms with E-state index in [4.69, 9.17) is 21.3 Å². The van der Waals surface area contributed by atoms with E-state index in [2.05, 4.69) is 28.8 Å². The van der Waals surface area contributed by atoms with Crippen molar-refractivity contribution < 1.29 is 9.53 Å². The van der Waals surface area contributed by atoms with Crippen LogP contribution in [0.25, 0.3) is 22.2 Å². The number of hydrogen-bond donors (Lipinski definition) is 1. The fraction of sp³-hybridized carbons (Fsp3) is 0.393. The van der Waals surface area contributed by atoms with Crippen molar-refractivity contribution in [1.29, 1.82) is 0 Å². The van der Waals surface area contributed by atoms with Crippen LogP contribution in [-0.4, -0.2) is 37.9 Å². The SMILES string of the molecule is CNC(=O)C(OC(C)(C)C)c1c(C)nc2c(c(C)c(C)n2Cc2cnn(C)c2)c1-c1ccc(Cl)cc1. The van der Waals surface area contributed by atoms with Crippen molar-refractivity contribution in [2.24, 2.45) is 7.05 Å². The molecule has 0 saturated carbocycles. The van der Waals surface area contributed by atoms with Crippen LogP contribution >= 0.6 is 11.6 Å². The number of aromatic nitrogens is 4. The molecule has 0 bridgehead atoms. The number of pyridine rings is 1. The number of benzene rings is 1. The molecule has 0 aliphatic heterocycles. The minimum atomic E-state index is -0.834. The van der Waals surface area contributed by atoms with E-state index >= 15 is 0 Å². The van der Waals surface area contributed by atoms with Crippen LogP contribution in [0.2, 0.25) is 5.02 Å². The minimum absolute atomic E-state index is 0.214. The Hall–Kier alpha value is -3.16. The van der Waals surface area contributed by atoms with E-state index in [0.717, 1.165) is 50.2 Å². The van der Waals surface area contributed by atoms with E-state index < -0.39 is 11.7 Å². The molecular weight excluding hydrogens is 474 g/mol. The summed E-state index contributed by atoms with van der Waals surface area (Å²) in [5.41, 5.74) is 7.04. The number of nitrogens with zero attached hydrogens (tertiary/aromatic N) is 4. The summed E-state index contributed by atoms with van der Waals surface area (Å²) in [6.45, 7) is 12.7. The molecule has 4 rings (SSSR count). The van der Waals surface area contributed by atoms with E-state index in [-0.39, 0.29) is 5.91 Å². The van der Waals surface area contributed by atoms with Gasteiger partial charge in [-0.1, -0.05) is 23.7 Å². The van der Waals surface area contributed by atoms with Gasteiger partial charge in [0.2, 0.25) is 0 Å². The van der Waals surface area contributed by atoms with Crippen LogP contribution in [0.15, 0.2) is 36.7 Å². The second-order valence-electron chi connectivity index (χ2n) is 10.2. The van der Waals surface area contributed by atoms with Gasteiger partial charge in [-0.25, -0.2) is 4.98 Å². The Morgan fingerprint density at radius 2 is 1.83 bits per heavy atom. The third-order valence-electron chi connectivity index (χ3n) is 6.43. The number of hydrogen-bond acceptors (Lipinski definition) is 4. The fourth-order valence-corrected chi connectivity index (χ4v) is 4.82. The number of ether oxygens (including phenoxy) is 1. The Morgan fingerprint density at radius 1 is 1.17 bits per heavy atom. The quantitative estimate of drug-likeness (QED) is 0.365. The Bertz CT molecular complexity index is 1430. The Balaban J connectivity index is 2.08. The van der Waals surface area contributed by atoms with Gasteiger partial charge in [0, 0.05) is 58.8 Å². The van der Waals surface area contributed by atoms with Gasteiger partial charge in [-0.2, -0.15) is 5.10 Å². The molecule has 0 aliphatic carbocycles. The summed E-state index contributed by atoms with van der Waals surface area (Å²) in [4.78, 5) is 18.3. The fourth-order valence-electron chi connectivity index (χ4n) is 4.69. The van der Waals surface area contributed by atoms with Gasteiger partial charge in [0.1, 0.15) is 5.65 Å². The Morgan fingerprint density at radius 3 is 2.39 bits per heavy atom. The van der Waals surface area contributed by atoms with Gasteiger partial charge < -0.3 is 14.6 Å². The largest absolute Gasteiger partial charge is 0.358 e. The Kier molecular flexibility index (Phi) is 6.99. The third kappa shape index (κ3) is 4.90. The molecule has 1 N–H and O–H groups in total. The molecule has 7 nitrogen and oxygen atoms in total. The molecule has 0 saturated heterocycles. The summed E-state index contributed by atoms with van der Waals surface area (Å²) in [5.74, 6) is -0.214. The predicted molar refractivity (Wildman–Crippen MR) is 144 cm³/mol. The summed E-state index contributed by atoms with van der Waals surface area (Å²) in [7, 11) is 3.54. The number of halogens is 1. The molecule has 0 fully saturated rings. The van der Waals surface area contributed by atoms with Crippen molar-refractivity contribution in [2.75, 3.05) is 7.05 Å². The maximum absolute atomic E-state index is 13.2. The van der Waals surface area contributed by atoms with Gasteiger partial charge in [0.15, 0.2) is 6.10 Å². The van der Waals surface area contributed by atoms with Gasteiger partial charge in [0.05, 0.1) is 18.3 Å². The van der Waals surface area contributed by atoms with Crippen LogP contribution in [0.5, 0.6) is 0 Å². The molecule has 190 valence electrons. The lowest BCUT2D eigenvalue weighted by Crippen LogP contribution is -2.34. The number of aryl methyl sites for hydroxylation is 3. The smallest absolute Gasteiger partial charge is 0.253 e. The zero-order valence-corrected chi connectivity index (χ0v) is 23.0. The van der Waals surface area contributed by atoms with Crippen molar-refractivity contribution in [3.8, 4) is 11.1 Å². The first-order chi connectivity index (χ1) is 16.9. The van der Waals surface area contributed by atoms with Gasteiger partial charge in [-0.3, -0.25) is 9.48 Å². The van der Waals surface area contributed by atoms with Gasteiger partial charge >= 0.3 is 0 Å². The first kappa shape index (κ1) is 25.9. The Labute approximate surface area is 217 Å². The highest BCUT2D eigenvalue weighted by atomic mass is 35.5. The van der Waals surface area contributed by atoms with E-state index in [1.165, 1.54) is 0 Å². The zero-order chi connectivity index (χ0) is 26.4. The maximum atomic E-state index is 13.2. The zero-order valence-electron chi connectivity index (χ0n) is 22.2. The van der Waals surface area contributed by atoms with Crippen molar-refractivity contribution in [3.05, 3.63) is 69.8 Å². The van der Waals surface area contributed by atoms with E-state index in [1.54, 1.807) is 11.7 Å². The van der Waals surface area contributed by atoms with Crippen molar-refractivity contribution in [2.45, 2.75) is 59.8 Å². The number of carbonyl (C=O) groups is 1. The molecule has 4 aromatic rings. The van der Waals surface area contributed by atoms with E-state index in [9.17, 15) is 4.79 Å². The van der Waals surface area contributed by atoms with Gasteiger partial charge in [-0.15, -0.1) is 0 Å². The molecule has 0 aliphatic rings. The highest BCUT2D eigenvalue weighted by molar-refractivity contribution is 6.30. The average Bonchev–Trinajstić information content (AvgIpc) is 3.32. The van der Waals surface area contributed by atoms with Crippen molar-refractivity contribution in [1.82, 2.24) is 24.6 Å². The third-order valence-corrected chi connectivity index (χ3v) is 6.69. The molecule has 1 amide bonds. The lowest BCUT2D eigenvalue weighted by atomic mass is 9.90. The van der Waals surface area contributed by atoms with Crippen molar-refractivity contribution in [3.63, 3.8) is 0 Å². The normalized spacial score (nSPS) is 12.8. The number of rotatable bonds is 6. The van der Waals surface area contributed by atoms with Gasteiger partial charge in [-0.05, 0) is 64.8 Å². The van der Waals surface area contributed by atoms with Crippen LogP contribution in [0.3, 0.4) is 0 Å². The van der Waals surface area contributed by atoms with Crippen molar-refractivity contribution >= 4 is 28.5 Å². The minimum Gasteiger partial charge on any atom is -0.358 e. The monoisotopic (exact) mass is 507 g/mol. The molecule has 1 unspecified atom stereocenters. The molecule has 0 radical (unpaired) electrons. The molecule has 1 atom stereocenters. The number of carbonyl (C=O) groups excluding carboxylic acids is 1. The summed E-state index contributed by atoms with van der Waals surface area (Å²) in [6, 6.07) is 7.73. The van der Waals surface area contributed by atoms with Crippen LogP contribution in [-0.2, 0) is 23.1 Å². The number of likely N-dealkylation sites (N-methyl/N-ethyl adjacent to an activating group) is 1. The highest BCUT2D eigenvalue weighted by Gasteiger charge is 2.33. The summed E-state index contributed by atoms with van der Waals surface area (Å²) < 4.78 is 10.4. The molecule has 36 heavy (non-hydrogen) atoms. The molecule has 8 heteroatoms. The molecule has 3 aromatic heterocycles. The highest BCUT2D eigenvalue weighted by Crippen LogP contribution is 2.42. The lowest BCUT2D eigenvalue weighted by molar-refractivity contribution is -0.142. The van der Waals surface area contributed by atoms with Gasteiger partial charge in [0.25, 0.3) is 5.91 Å². The lowest BCUT2D eigenvalue weighted by Gasteiger charge is -2.29. The van der Waals surface area contributed by atoms with Crippen LogP contribution in [0, 0.1) is 20.8 Å². The molecule has 3 heterocycles. The predicted octanol–water partition coefficient (Wildman–Crippen LogP) is 5.67. The molecular formula is C28H34ClN5O2. The van der Waals surface area contributed by atoms with E-state index in [1.807, 2.05) is 71.4 Å². The summed E-state index contributed by atoms with van der Waals surface area (Å²) >= 11 is 6.25. The first-order valence-electron chi connectivity index (χ1n) is 12.0. The topological polar surface area (TPSA) is 74.0 Å². The second kappa shape index (κ2) is 9.71. The summed E-state index contributed by atoms with van der Waals surface area (Å²) in [5, 5.41) is 8.77. The standard InChI is InChI=1S/C28H34ClN5O2/c1-16-18(3)34(15-19-13-31-33(8)14-19)26-22(16)24(20-9-11-21(29)12-10-20)23(17(2)32-26)25(27(35)30-7)36-28(4,5)6/h9-14,25H,15H2,1-8H3,(H,30,35). The second-order valence-corrected chi connectivity index (χ2v) is 10.7. The average molecular weight is 508 g/mol. The number of fused-ring (bicyclic) bond motifs is 1.